The van der Waals surface area contributed by atoms with Gasteiger partial charge in [-0.2, -0.15) is 0 Å². The van der Waals surface area contributed by atoms with Crippen LogP contribution in [-0.2, 0) is 4.74 Å². The van der Waals surface area contributed by atoms with E-state index in [4.69, 9.17) is 4.74 Å². The molecule has 0 fully saturated rings. The second kappa shape index (κ2) is 8.44. The molecule has 25 heavy (non-hydrogen) atoms. The van der Waals surface area contributed by atoms with E-state index in [0.717, 1.165) is 0 Å². The minimum absolute atomic E-state index is 0.247. The van der Waals surface area contributed by atoms with Crippen LogP contribution < -0.4 is 10.6 Å². The van der Waals surface area contributed by atoms with Gasteiger partial charge in [0.2, 0.25) is 0 Å². The lowest BCUT2D eigenvalue weighted by atomic mass is 10.1. The summed E-state index contributed by atoms with van der Waals surface area (Å²) in [5.41, 5.74) is 1.42. The molecule has 0 aliphatic heterocycles. The van der Waals surface area contributed by atoms with Gasteiger partial charge in [-0.15, -0.1) is 6.58 Å². The van der Waals surface area contributed by atoms with Gasteiger partial charge in [0.25, 0.3) is 11.8 Å². The Kier molecular flexibility index (Phi) is 6.06. The first-order chi connectivity index (χ1) is 12.1. The number of ether oxygens (including phenoxy) is 1. The average Bonchev–Trinajstić information content (AvgIpc) is 2.66. The zero-order chi connectivity index (χ0) is 18.2. The van der Waals surface area contributed by atoms with Gasteiger partial charge >= 0.3 is 5.97 Å². The van der Waals surface area contributed by atoms with Crippen molar-refractivity contribution in [2.75, 3.05) is 19.0 Å². The van der Waals surface area contributed by atoms with Gasteiger partial charge in [-0.25, -0.2) is 4.79 Å². The Morgan fingerprint density at radius 3 is 2.20 bits per heavy atom. The van der Waals surface area contributed by atoms with Gasteiger partial charge in [-0.1, -0.05) is 18.2 Å². The summed E-state index contributed by atoms with van der Waals surface area (Å²) in [6, 6.07) is 12.8. The van der Waals surface area contributed by atoms with Crippen LogP contribution in [0.25, 0.3) is 0 Å². The lowest BCUT2D eigenvalue weighted by Gasteiger charge is -2.10. The summed E-state index contributed by atoms with van der Waals surface area (Å²) in [7, 11) is 1.27. The van der Waals surface area contributed by atoms with Crippen molar-refractivity contribution in [2.24, 2.45) is 0 Å². The molecule has 2 rings (SSSR count). The monoisotopic (exact) mass is 338 g/mol. The van der Waals surface area contributed by atoms with Crippen LogP contribution in [0, 0.1) is 0 Å². The van der Waals surface area contributed by atoms with Crippen molar-refractivity contribution >= 4 is 23.5 Å². The SMILES string of the molecule is C=CCNC(=O)c1ccc(C(=O)Nc2ccccc2C(=O)OC)cc1. The fourth-order valence-electron chi connectivity index (χ4n) is 2.11. The molecule has 6 nitrogen and oxygen atoms in total. The second-order valence-corrected chi connectivity index (χ2v) is 5.07. The van der Waals surface area contributed by atoms with E-state index in [0.29, 0.717) is 23.4 Å². The molecule has 0 radical (unpaired) electrons. The molecule has 0 aliphatic carbocycles. The van der Waals surface area contributed by atoms with Crippen molar-refractivity contribution in [1.29, 1.82) is 0 Å². The van der Waals surface area contributed by atoms with Gasteiger partial charge in [0.05, 0.1) is 18.4 Å². The number of para-hydroxylation sites is 1. The fraction of sp³-hybridized carbons (Fsp3) is 0.105. The van der Waals surface area contributed by atoms with Crippen LogP contribution >= 0.6 is 0 Å². The summed E-state index contributed by atoms with van der Waals surface area (Å²) in [6.07, 6.45) is 1.58. The highest BCUT2D eigenvalue weighted by Gasteiger charge is 2.14. The molecule has 0 bridgehead atoms. The van der Waals surface area contributed by atoms with Crippen LogP contribution in [-0.4, -0.2) is 31.4 Å². The number of anilines is 1. The number of benzene rings is 2. The third-order valence-corrected chi connectivity index (χ3v) is 3.40. The lowest BCUT2D eigenvalue weighted by molar-refractivity contribution is 0.0601. The minimum Gasteiger partial charge on any atom is -0.465 e. The third-order valence-electron chi connectivity index (χ3n) is 3.40. The maximum atomic E-state index is 12.4. The predicted molar refractivity (Wildman–Crippen MR) is 94.7 cm³/mol. The molecule has 2 amide bonds. The van der Waals surface area contributed by atoms with Crippen LogP contribution in [0.15, 0.2) is 61.2 Å². The number of carbonyl (C=O) groups is 3. The van der Waals surface area contributed by atoms with Gasteiger partial charge < -0.3 is 15.4 Å². The molecule has 2 aromatic rings. The van der Waals surface area contributed by atoms with Crippen LogP contribution in [0.2, 0.25) is 0 Å². The Balaban J connectivity index is 2.13. The molecule has 0 saturated carbocycles. The van der Waals surface area contributed by atoms with E-state index in [9.17, 15) is 14.4 Å². The molecule has 0 aromatic heterocycles. The highest BCUT2D eigenvalue weighted by Crippen LogP contribution is 2.17. The number of rotatable bonds is 6. The second-order valence-electron chi connectivity index (χ2n) is 5.07. The van der Waals surface area contributed by atoms with E-state index in [1.54, 1.807) is 54.6 Å². The van der Waals surface area contributed by atoms with Gasteiger partial charge in [-0.3, -0.25) is 9.59 Å². The number of nitrogens with one attached hydrogen (secondary N) is 2. The Hall–Kier alpha value is -3.41. The Bertz CT molecular complexity index is 797. The van der Waals surface area contributed by atoms with Gasteiger partial charge in [0.1, 0.15) is 0 Å². The lowest BCUT2D eigenvalue weighted by Crippen LogP contribution is -2.23. The Morgan fingerprint density at radius 1 is 1.00 bits per heavy atom. The Labute approximate surface area is 145 Å². The minimum atomic E-state index is -0.537. The molecule has 2 aromatic carbocycles. The van der Waals surface area contributed by atoms with Crippen LogP contribution in [0.1, 0.15) is 31.1 Å². The zero-order valence-electron chi connectivity index (χ0n) is 13.7. The van der Waals surface area contributed by atoms with Crippen molar-refractivity contribution in [3.8, 4) is 0 Å². The summed E-state index contributed by atoms with van der Waals surface area (Å²) in [5.74, 6) is -1.18. The average molecular weight is 338 g/mol. The standard InChI is InChI=1S/C19H18N2O4/c1-3-12-20-17(22)13-8-10-14(11-9-13)18(23)21-16-7-5-4-6-15(16)19(24)25-2/h3-11H,1,12H2,2H3,(H,20,22)(H,21,23). The topological polar surface area (TPSA) is 84.5 Å². The smallest absolute Gasteiger partial charge is 0.339 e. The van der Waals surface area contributed by atoms with Crippen molar-refractivity contribution in [1.82, 2.24) is 5.32 Å². The fourth-order valence-corrected chi connectivity index (χ4v) is 2.11. The predicted octanol–water partition coefficient (Wildman–Crippen LogP) is 2.64. The normalized spacial score (nSPS) is 9.80. The maximum absolute atomic E-state index is 12.4. The molecule has 0 unspecified atom stereocenters. The zero-order valence-corrected chi connectivity index (χ0v) is 13.7. The van der Waals surface area contributed by atoms with E-state index >= 15 is 0 Å². The molecule has 0 heterocycles. The van der Waals surface area contributed by atoms with E-state index in [1.165, 1.54) is 7.11 Å². The molecule has 0 atom stereocenters. The highest BCUT2D eigenvalue weighted by atomic mass is 16.5. The van der Waals surface area contributed by atoms with Crippen LogP contribution in [0.5, 0.6) is 0 Å². The van der Waals surface area contributed by atoms with Crippen molar-refractivity contribution < 1.29 is 19.1 Å². The van der Waals surface area contributed by atoms with Crippen molar-refractivity contribution in [2.45, 2.75) is 0 Å². The van der Waals surface area contributed by atoms with Gasteiger partial charge in [0, 0.05) is 17.7 Å². The van der Waals surface area contributed by atoms with E-state index < -0.39 is 11.9 Å². The molecular weight excluding hydrogens is 320 g/mol. The number of carbonyl (C=O) groups excluding carboxylic acids is 3. The van der Waals surface area contributed by atoms with Crippen LogP contribution in [0.3, 0.4) is 0 Å². The number of methoxy groups -OCH3 is 1. The van der Waals surface area contributed by atoms with Crippen molar-refractivity contribution in [3.05, 3.63) is 77.9 Å². The number of esters is 1. The first-order valence-electron chi connectivity index (χ1n) is 7.54. The first kappa shape index (κ1) is 17.9. The first-order valence-corrected chi connectivity index (χ1v) is 7.54. The number of amides is 2. The van der Waals surface area contributed by atoms with Crippen molar-refractivity contribution in [3.63, 3.8) is 0 Å². The van der Waals surface area contributed by atoms with E-state index in [2.05, 4.69) is 17.2 Å². The number of hydrogen-bond donors (Lipinski definition) is 2. The number of hydrogen-bond acceptors (Lipinski definition) is 4. The molecule has 0 saturated heterocycles. The van der Waals surface area contributed by atoms with Gasteiger partial charge in [0.15, 0.2) is 0 Å². The molecule has 2 N–H and O–H groups in total. The quantitative estimate of drug-likeness (QED) is 0.626. The molecule has 128 valence electrons. The summed E-state index contributed by atoms with van der Waals surface area (Å²) >= 11 is 0. The summed E-state index contributed by atoms with van der Waals surface area (Å²) in [4.78, 5) is 35.9. The summed E-state index contributed by atoms with van der Waals surface area (Å²) in [6.45, 7) is 3.89. The third kappa shape index (κ3) is 4.54. The Morgan fingerprint density at radius 2 is 1.60 bits per heavy atom. The molecule has 0 spiro atoms. The summed E-state index contributed by atoms with van der Waals surface area (Å²) < 4.78 is 4.70. The molecule has 0 aliphatic rings. The van der Waals surface area contributed by atoms with E-state index in [1.807, 2.05) is 0 Å². The molecular formula is C19H18N2O4. The largest absolute Gasteiger partial charge is 0.465 e. The van der Waals surface area contributed by atoms with Crippen LogP contribution in [0.4, 0.5) is 5.69 Å². The summed E-state index contributed by atoms with van der Waals surface area (Å²) in [5, 5.41) is 5.33. The highest BCUT2D eigenvalue weighted by molar-refractivity contribution is 6.08. The maximum Gasteiger partial charge on any atom is 0.339 e. The van der Waals surface area contributed by atoms with E-state index in [-0.39, 0.29) is 11.5 Å². The molecule has 6 heteroatoms. The van der Waals surface area contributed by atoms with Gasteiger partial charge in [-0.05, 0) is 36.4 Å².